The van der Waals surface area contributed by atoms with Gasteiger partial charge in [-0.05, 0) is 35.8 Å². The smallest absolute Gasteiger partial charge is 0.192 e. The van der Waals surface area contributed by atoms with Crippen LogP contribution in [0.2, 0.25) is 18.1 Å². The average Bonchev–Trinajstić information content (AvgIpc) is 2.75. The second kappa shape index (κ2) is 12.7. The zero-order chi connectivity index (χ0) is 24.5. The Kier molecular flexibility index (Phi) is 11.4. The Labute approximate surface area is 197 Å². The predicted molar refractivity (Wildman–Crippen MR) is 138 cm³/mol. The highest BCUT2D eigenvalue weighted by Crippen LogP contribution is 2.40. The van der Waals surface area contributed by atoms with E-state index in [0.29, 0.717) is 6.61 Å². The zero-order valence-corrected chi connectivity index (χ0v) is 22.7. The molecule has 0 bridgehead atoms. The van der Waals surface area contributed by atoms with Crippen molar-refractivity contribution < 1.29 is 19.0 Å². The van der Waals surface area contributed by atoms with Gasteiger partial charge in [0.25, 0.3) is 0 Å². The van der Waals surface area contributed by atoms with E-state index in [-0.39, 0.29) is 41.6 Å². The molecule has 0 aliphatic rings. The van der Waals surface area contributed by atoms with Crippen molar-refractivity contribution in [2.75, 3.05) is 13.7 Å². The van der Waals surface area contributed by atoms with E-state index < -0.39 is 8.32 Å². The maximum Gasteiger partial charge on any atom is 0.192 e. The van der Waals surface area contributed by atoms with E-state index in [1.54, 1.807) is 13.2 Å². The van der Waals surface area contributed by atoms with Gasteiger partial charge in [-0.2, -0.15) is 0 Å². The quantitative estimate of drug-likeness (QED) is 0.264. The van der Waals surface area contributed by atoms with Crippen molar-refractivity contribution in [3.05, 3.63) is 54.6 Å². The van der Waals surface area contributed by atoms with Crippen LogP contribution < -0.4 is 4.74 Å². The Hall–Kier alpha value is -1.40. The van der Waals surface area contributed by atoms with E-state index >= 15 is 0 Å². The summed E-state index contributed by atoms with van der Waals surface area (Å²) in [7, 11) is -0.360. The average molecular weight is 463 g/mol. The first-order valence-corrected chi connectivity index (χ1v) is 14.6. The number of benzene rings is 1. The first-order valence-electron chi connectivity index (χ1n) is 11.7. The molecule has 0 aliphatic heterocycles. The minimum Gasteiger partial charge on any atom is -0.497 e. The molecule has 1 rings (SSSR count). The lowest BCUT2D eigenvalue weighted by atomic mass is 9.84. The normalized spacial score (nSPS) is 17.6. The third kappa shape index (κ3) is 8.18. The molecule has 0 spiro atoms. The molecule has 5 heteroatoms. The van der Waals surface area contributed by atoms with Crippen LogP contribution in [0.5, 0.6) is 5.75 Å². The van der Waals surface area contributed by atoms with Gasteiger partial charge in [-0.3, -0.25) is 0 Å². The highest BCUT2D eigenvalue weighted by atomic mass is 28.4. The van der Waals surface area contributed by atoms with Gasteiger partial charge in [0.2, 0.25) is 0 Å². The van der Waals surface area contributed by atoms with E-state index in [1.165, 1.54) is 0 Å². The summed E-state index contributed by atoms with van der Waals surface area (Å²) in [5.74, 6) is 1.11. The van der Waals surface area contributed by atoms with E-state index in [4.69, 9.17) is 13.9 Å². The molecular formula is C27H46O4Si. The van der Waals surface area contributed by atoms with Crippen LogP contribution in [0.25, 0.3) is 0 Å². The molecule has 0 saturated heterocycles. The Balaban J connectivity index is 3.18. The van der Waals surface area contributed by atoms with Gasteiger partial charge in [0, 0.05) is 24.4 Å². The number of aliphatic hydroxyl groups excluding tert-OH is 1. The lowest BCUT2D eigenvalue weighted by Gasteiger charge is -2.44. The van der Waals surface area contributed by atoms with Crippen LogP contribution in [0, 0.1) is 17.8 Å². The molecule has 0 radical (unpaired) electrons. The molecule has 1 aromatic rings. The molecule has 0 unspecified atom stereocenters. The molecule has 182 valence electrons. The summed E-state index contributed by atoms with van der Waals surface area (Å²) in [5, 5.41) is 10.1. The van der Waals surface area contributed by atoms with Crippen molar-refractivity contribution in [3.8, 4) is 5.75 Å². The molecule has 0 aromatic heterocycles. The highest BCUT2D eigenvalue weighted by molar-refractivity contribution is 6.74. The van der Waals surface area contributed by atoms with Gasteiger partial charge >= 0.3 is 0 Å². The molecule has 0 aliphatic carbocycles. The summed E-state index contributed by atoms with van der Waals surface area (Å²) in [6.45, 7) is 22.1. The van der Waals surface area contributed by atoms with Gasteiger partial charge in [-0.1, -0.05) is 78.5 Å². The number of ether oxygens (including phenoxy) is 2. The van der Waals surface area contributed by atoms with Crippen LogP contribution >= 0.6 is 0 Å². The maximum absolute atomic E-state index is 10.0. The molecule has 0 saturated carbocycles. The van der Waals surface area contributed by atoms with E-state index in [1.807, 2.05) is 30.3 Å². The summed E-state index contributed by atoms with van der Waals surface area (Å²) in [5.41, 5.74) is 1.10. The summed E-state index contributed by atoms with van der Waals surface area (Å²) >= 11 is 0. The second-order valence-corrected chi connectivity index (χ2v) is 15.2. The lowest BCUT2D eigenvalue weighted by molar-refractivity contribution is -0.0694. The Morgan fingerprint density at radius 1 is 1.06 bits per heavy atom. The Bertz CT molecular complexity index is 705. The van der Waals surface area contributed by atoms with Crippen molar-refractivity contribution in [1.82, 2.24) is 0 Å². The van der Waals surface area contributed by atoms with Gasteiger partial charge in [-0.15, -0.1) is 0 Å². The SMILES string of the molecule is C=CC=C[C@H](C)[C@@H](OCc1ccc(OC)cc1)[C@@H](C)[C@H](O[Si](C)(C)C(C)(C)C)[C@@H](C)CO. The topological polar surface area (TPSA) is 47.9 Å². The van der Waals surface area contributed by atoms with Crippen molar-refractivity contribution in [2.45, 2.75) is 78.5 Å². The third-order valence-electron chi connectivity index (χ3n) is 6.79. The number of rotatable bonds is 13. The molecule has 0 fully saturated rings. The van der Waals surface area contributed by atoms with Crippen molar-refractivity contribution >= 4 is 8.32 Å². The lowest BCUT2D eigenvalue weighted by Crippen LogP contribution is -2.50. The van der Waals surface area contributed by atoms with Crippen LogP contribution in [0.15, 0.2) is 49.1 Å². The van der Waals surface area contributed by atoms with Crippen LogP contribution in [0.1, 0.15) is 47.1 Å². The Morgan fingerprint density at radius 2 is 1.66 bits per heavy atom. The molecule has 1 aromatic carbocycles. The fraction of sp³-hybridized carbons (Fsp3) is 0.630. The summed E-state index contributed by atoms with van der Waals surface area (Å²) in [6.07, 6.45) is 5.73. The summed E-state index contributed by atoms with van der Waals surface area (Å²) in [6, 6.07) is 7.97. The highest BCUT2D eigenvalue weighted by Gasteiger charge is 2.43. The minimum atomic E-state index is -2.03. The number of aliphatic hydroxyl groups is 1. The van der Waals surface area contributed by atoms with Crippen molar-refractivity contribution in [1.29, 1.82) is 0 Å². The van der Waals surface area contributed by atoms with Gasteiger partial charge in [0.1, 0.15) is 5.75 Å². The molecule has 0 heterocycles. The predicted octanol–water partition coefficient (Wildman–Crippen LogP) is 6.61. The molecule has 4 nitrogen and oxygen atoms in total. The maximum atomic E-state index is 10.0. The molecule has 1 N–H and O–H groups in total. The number of hydrogen-bond donors (Lipinski definition) is 1. The largest absolute Gasteiger partial charge is 0.497 e. The van der Waals surface area contributed by atoms with Crippen molar-refractivity contribution in [3.63, 3.8) is 0 Å². The molecular weight excluding hydrogens is 416 g/mol. The second-order valence-electron chi connectivity index (χ2n) is 10.5. The zero-order valence-electron chi connectivity index (χ0n) is 21.7. The van der Waals surface area contributed by atoms with E-state index in [2.05, 4.69) is 67.3 Å². The number of methoxy groups -OCH3 is 1. The fourth-order valence-corrected chi connectivity index (χ4v) is 5.09. The number of hydrogen-bond acceptors (Lipinski definition) is 4. The molecule has 0 amide bonds. The van der Waals surface area contributed by atoms with Crippen LogP contribution in [0.3, 0.4) is 0 Å². The summed E-state index contributed by atoms with van der Waals surface area (Å²) < 4.78 is 18.7. The molecule has 32 heavy (non-hydrogen) atoms. The first-order chi connectivity index (χ1) is 14.9. The summed E-state index contributed by atoms with van der Waals surface area (Å²) in [4.78, 5) is 0. The van der Waals surface area contributed by atoms with Crippen LogP contribution in [-0.4, -0.2) is 39.3 Å². The minimum absolute atomic E-state index is 0.0156. The van der Waals surface area contributed by atoms with Gasteiger partial charge in [0.15, 0.2) is 8.32 Å². The van der Waals surface area contributed by atoms with E-state index in [9.17, 15) is 5.11 Å². The van der Waals surface area contributed by atoms with E-state index in [0.717, 1.165) is 11.3 Å². The van der Waals surface area contributed by atoms with Gasteiger partial charge in [-0.25, -0.2) is 0 Å². The monoisotopic (exact) mass is 462 g/mol. The van der Waals surface area contributed by atoms with Crippen LogP contribution in [-0.2, 0) is 15.8 Å². The Morgan fingerprint density at radius 3 is 2.12 bits per heavy atom. The van der Waals surface area contributed by atoms with Gasteiger partial charge < -0.3 is 19.0 Å². The third-order valence-corrected chi connectivity index (χ3v) is 11.3. The van der Waals surface area contributed by atoms with Gasteiger partial charge in [0.05, 0.1) is 25.9 Å². The number of allylic oxidation sites excluding steroid dienone is 2. The molecule has 5 atom stereocenters. The first kappa shape index (κ1) is 28.6. The van der Waals surface area contributed by atoms with Crippen molar-refractivity contribution in [2.24, 2.45) is 17.8 Å². The fourth-order valence-electron chi connectivity index (χ4n) is 3.61. The van der Waals surface area contributed by atoms with Crippen LogP contribution in [0.4, 0.5) is 0 Å². The standard InChI is InChI=1S/C27H46O4Si/c1-11-12-13-20(2)25(30-19-23-14-16-24(29-8)17-15-23)22(4)26(21(3)18-28)31-32(9,10)27(5,6)7/h11-17,20-22,25-26,28H,1,18-19H2,2-10H3/t20-,21-,22+,25+,26+/m0/s1.